The number of ether oxygens (including phenoxy) is 1. The van der Waals surface area contributed by atoms with Crippen LogP contribution < -0.4 is 10.6 Å². The van der Waals surface area contributed by atoms with Crippen molar-refractivity contribution in [1.82, 2.24) is 10.6 Å². The van der Waals surface area contributed by atoms with E-state index in [0.29, 0.717) is 6.42 Å². The summed E-state index contributed by atoms with van der Waals surface area (Å²) in [6.45, 7) is 6.96. The van der Waals surface area contributed by atoms with Crippen LogP contribution in [0.4, 0.5) is 0 Å². The zero-order chi connectivity index (χ0) is 18.3. The molecule has 2 amide bonds. The van der Waals surface area contributed by atoms with E-state index in [1.807, 2.05) is 45.0 Å². The van der Waals surface area contributed by atoms with Crippen molar-refractivity contribution in [1.29, 1.82) is 0 Å². The number of hydrogen-bond donors (Lipinski definition) is 2. The van der Waals surface area contributed by atoms with Crippen LogP contribution in [0, 0.1) is 12.8 Å². The third-order valence-electron chi connectivity index (χ3n) is 3.80. The standard InChI is InChI=1S/C18H26N2O4/c1-11(2)16(19-13(4)21)17(22)20-15(18(23)24-5)10-14-9-7-6-8-12(14)3/h6-9,11,15-16H,10H2,1-5H3,(H,19,21)(H,20,22)/t15-,16-/m1/s1. The van der Waals surface area contributed by atoms with Gasteiger partial charge in [0.2, 0.25) is 11.8 Å². The van der Waals surface area contributed by atoms with Gasteiger partial charge < -0.3 is 15.4 Å². The van der Waals surface area contributed by atoms with E-state index >= 15 is 0 Å². The van der Waals surface area contributed by atoms with Crippen molar-refractivity contribution >= 4 is 17.8 Å². The quantitative estimate of drug-likeness (QED) is 0.737. The summed E-state index contributed by atoms with van der Waals surface area (Å²) in [4.78, 5) is 35.8. The lowest BCUT2D eigenvalue weighted by Crippen LogP contribution is -2.54. The molecule has 1 rings (SSSR count). The van der Waals surface area contributed by atoms with Crippen LogP contribution >= 0.6 is 0 Å². The second kappa shape index (κ2) is 9.05. The number of nitrogens with one attached hydrogen (secondary N) is 2. The maximum absolute atomic E-state index is 12.5. The fourth-order valence-corrected chi connectivity index (χ4v) is 2.41. The lowest BCUT2D eigenvalue weighted by molar-refractivity contribution is -0.145. The number of rotatable bonds is 7. The predicted molar refractivity (Wildman–Crippen MR) is 91.3 cm³/mol. The van der Waals surface area contributed by atoms with Crippen LogP contribution in [-0.2, 0) is 25.5 Å². The van der Waals surface area contributed by atoms with E-state index in [1.165, 1.54) is 14.0 Å². The topological polar surface area (TPSA) is 84.5 Å². The molecule has 0 unspecified atom stereocenters. The van der Waals surface area contributed by atoms with Crippen molar-refractivity contribution in [3.8, 4) is 0 Å². The highest BCUT2D eigenvalue weighted by Gasteiger charge is 2.28. The summed E-state index contributed by atoms with van der Waals surface area (Å²) in [5.74, 6) is -1.32. The number of hydrogen-bond acceptors (Lipinski definition) is 4. The second-order valence-corrected chi connectivity index (χ2v) is 6.14. The predicted octanol–water partition coefficient (Wildman–Crippen LogP) is 1.36. The largest absolute Gasteiger partial charge is 0.467 e. The third kappa shape index (κ3) is 5.68. The summed E-state index contributed by atoms with van der Waals surface area (Å²) in [5.41, 5.74) is 1.98. The molecule has 0 aliphatic rings. The van der Waals surface area contributed by atoms with Crippen LogP contribution in [-0.4, -0.2) is 37.0 Å². The van der Waals surface area contributed by atoms with Crippen molar-refractivity contribution in [2.75, 3.05) is 7.11 Å². The summed E-state index contributed by atoms with van der Waals surface area (Å²) in [6.07, 6.45) is 0.329. The Balaban J connectivity index is 2.93. The van der Waals surface area contributed by atoms with E-state index in [2.05, 4.69) is 10.6 Å². The smallest absolute Gasteiger partial charge is 0.328 e. The molecular weight excluding hydrogens is 308 g/mol. The molecule has 1 aromatic carbocycles. The molecule has 6 heteroatoms. The molecule has 0 saturated heterocycles. The fraction of sp³-hybridized carbons (Fsp3) is 0.500. The van der Waals surface area contributed by atoms with E-state index in [1.54, 1.807) is 0 Å². The molecule has 132 valence electrons. The van der Waals surface area contributed by atoms with Crippen LogP contribution in [0.3, 0.4) is 0 Å². The summed E-state index contributed by atoms with van der Waals surface area (Å²) in [7, 11) is 1.28. The number of carbonyl (C=O) groups excluding carboxylic acids is 3. The molecule has 0 aromatic heterocycles. The molecule has 0 bridgehead atoms. The molecule has 2 atom stereocenters. The van der Waals surface area contributed by atoms with Gasteiger partial charge in [-0.1, -0.05) is 38.1 Å². The minimum atomic E-state index is -0.807. The normalized spacial score (nSPS) is 13.1. The van der Waals surface area contributed by atoms with Gasteiger partial charge in [-0.25, -0.2) is 4.79 Å². The first kappa shape index (κ1) is 19.7. The Hall–Kier alpha value is -2.37. The van der Waals surface area contributed by atoms with Crippen LogP contribution in [0.15, 0.2) is 24.3 Å². The highest BCUT2D eigenvalue weighted by molar-refractivity contribution is 5.90. The number of methoxy groups -OCH3 is 1. The zero-order valence-electron chi connectivity index (χ0n) is 14.9. The molecule has 6 nitrogen and oxygen atoms in total. The first-order valence-corrected chi connectivity index (χ1v) is 7.96. The summed E-state index contributed by atoms with van der Waals surface area (Å²) < 4.78 is 4.81. The van der Waals surface area contributed by atoms with Crippen molar-refractivity contribution in [3.05, 3.63) is 35.4 Å². The molecule has 0 radical (unpaired) electrons. The molecule has 24 heavy (non-hydrogen) atoms. The van der Waals surface area contributed by atoms with Gasteiger partial charge in [0.25, 0.3) is 0 Å². The Labute approximate surface area is 143 Å². The summed E-state index contributed by atoms with van der Waals surface area (Å²) >= 11 is 0. The number of aryl methyl sites for hydroxylation is 1. The van der Waals surface area contributed by atoms with Crippen molar-refractivity contribution in [2.45, 2.75) is 46.2 Å². The Morgan fingerprint density at radius 1 is 1.12 bits per heavy atom. The van der Waals surface area contributed by atoms with E-state index in [4.69, 9.17) is 4.74 Å². The van der Waals surface area contributed by atoms with Crippen LogP contribution in [0.5, 0.6) is 0 Å². The first-order chi connectivity index (χ1) is 11.3. The third-order valence-corrected chi connectivity index (χ3v) is 3.80. The maximum Gasteiger partial charge on any atom is 0.328 e. The molecule has 0 heterocycles. The minimum absolute atomic E-state index is 0.106. The molecule has 2 N–H and O–H groups in total. The molecule has 0 saturated carbocycles. The van der Waals surface area contributed by atoms with Crippen molar-refractivity contribution < 1.29 is 19.1 Å². The highest BCUT2D eigenvalue weighted by Crippen LogP contribution is 2.11. The number of carbonyl (C=O) groups is 3. The van der Waals surface area contributed by atoms with Crippen LogP contribution in [0.1, 0.15) is 31.9 Å². The van der Waals surface area contributed by atoms with Gasteiger partial charge in [0.1, 0.15) is 12.1 Å². The van der Waals surface area contributed by atoms with Gasteiger partial charge in [0.05, 0.1) is 7.11 Å². The van der Waals surface area contributed by atoms with Crippen LogP contribution in [0.2, 0.25) is 0 Å². The number of esters is 1. The van der Waals surface area contributed by atoms with E-state index in [-0.39, 0.29) is 11.8 Å². The zero-order valence-corrected chi connectivity index (χ0v) is 14.9. The second-order valence-electron chi connectivity index (χ2n) is 6.14. The lowest BCUT2D eigenvalue weighted by atomic mass is 9.99. The van der Waals surface area contributed by atoms with Gasteiger partial charge in [0.15, 0.2) is 0 Å². The molecular formula is C18H26N2O4. The van der Waals surface area contributed by atoms with Gasteiger partial charge in [-0.15, -0.1) is 0 Å². The Bertz CT molecular complexity index is 598. The first-order valence-electron chi connectivity index (χ1n) is 7.96. The minimum Gasteiger partial charge on any atom is -0.467 e. The average Bonchev–Trinajstić information content (AvgIpc) is 2.52. The van der Waals surface area contributed by atoms with Crippen molar-refractivity contribution in [3.63, 3.8) is 0 Å². The molecule has 0 aliphatic carbocycles. The van der Waals surface area contributed by atoms with Gasteiger partial charge in [-0.05, 0) is 24.0 Å². The molecule has 0 spiro atoms. The van der Waals surface area contributed by atoms with E-state index in [0.717, 1.165) is 11.1 Å². The summed E-state index contributed by atoms with van der Waals surface area (Å²) in [6, 6.07) is 6.14. The van der Waals surface area contributed by atoms with Gasteiger partial charge >= 0.3 is 5.97 Å². The average molecular weight is 334 g/mol. The van der Waals surface area contributed by atoms with Gasteiger partial charge in [-0.2, -0.15) is 0 Å². The Morgan fingerprint density at radius 2 is 1.75 bits per heavy atom. The Morgan fingerprint density at radius 3 is 2.25 bits per heavy atom. The molecule has 0 aliphatic heterocycles. The van der Waals surface area contributed by atoms with Gasteiger partial charge in [-0.3, -0.25) is 9.59 Å². The maximum atomic E-state index is 12.5. The van der Waals surface area contributed by atoms with E-state index < -0.39 is 24.0 Å². The van der Waals surface area contributed by atoms with Crippen LogP contribution in [0.25, 0.3) is 0 Å². The Kier molecular flexibility index (Phi) is 7.42. The fourth-order valence-electron chi connectivity index (χ4n) is 2.41. The number of benzene rings is 1. The number of amides is 2. The molecule has 0 fully saturated rings. The SMILES string of the molecule is COC(=O)[C@@H](Cc1ccccc1C)NC(=O)[C@H](NC(C)=O)C(C)C. The lowest BCUT2D eigenvalue weighted by Gasteiger charge is -2.24. The van der Waals surface area contributed by atoms with Crippen molar-refractivity contribution in [2.24, 2.45) is 5.92 Å². The molecule has 1 aromatic rings. The monoisotopic (exact) mass is 334 g/mol. The summed E-state index contributed by atoms with van der Waals surface area (Å²) in [5, 5.41) is 5.32. The highest BCUT2D eigenvalue weighted by atomic mass is 16.5. The van der Waals surface area contributed by atoms with E-state index in [9.17, 15) is 14.4 Å². The van der Waals surface area contributed by atoms with Gasteiger partial charge in [0, 0.05) is 13.3 Å².